The summed E-state index contributed by atoms with van der Waals surface area (Å²) in [5.74, 6) is 0.809. The Bertz CT molecular complexity index is 725. The molecule has 2 aromatic carbocycles. The van der Waals surface area contributed by atoms with E-state index in [2.05, 4.69) is 10.6 Å². The molecule has 0 unspecified atom stereocenters. The summed E-state index contributed by atoms with van der Waals surface area (Å²) in [4.78, 5) is 23.5. The number of anilines is 2. The molecule has 3 rings (SSSR count). The van der Waals surface area contributed by atoms with Gasteiger partial charge in [0.25, 0.3) is 11.8 Å². The highest BCUT2D eigenvalue weighted by Gasteiger charge is 2.16. The van der Waals surface area contributed by atoms with Crippen molar-refractivity contribution >= 4 is 23.2 Å². The SMILES string of the molecule is COc1ccc(C(=O)Nc2ccc3c(c2)NC(=O)CO3)cc1. The molecule has 0 spiro atoms. The Morgan fingerprint density at radius 2 is 2.00 bits per heavy atom. The minimum Gasteiger partial charge on any atom is -0.497 e. The summed E-state index contributed by atoms with van der Waals surface area (Å²) in [5, 5.41) is 5.47. The number of ether oxygens (including phenoxy) is 2. The van der Waals surface area contributed by atoms with Crippen LogP contribution in [-0.2, 0) is 4.79 Å². The van der Waals surface area contributed by atoms with Crippen LogP contribution in [0.4, 0.5) is 11.4 Å². The van der Waals surface area contributed by atoms with Crippen molar-refractivity contribution in [2.75, 3.05) is 24.4 Å². The zero-order valence-corrected chi connectivity index (χ0v) is 11.9. The van der Waals surface area contributed by atoms with E-state index in [0.717, 1.165) is 0 Å². The van der Waals surface area contributed by atoms with Crippen molar-refractivity contribution in [3.63, 3.8) is 0 Å². The van der Waals surface area contributed by atoms with Gasteiger partial charge in [0.05, 0.1) is 12.8 Å². The maximum absolute atomic E-state index is 12.2. The summed E-state index contributed by atoms with van der Waals surface area (Å²) >= 11 is 0. The number of amides is 2. The van der Waals surface area contributed by atoms with E-state index < -0.39 is 0 Å². The molecule has 0 saturated carbocycles. The molecule has 0 bridgehead atoms. The van der Waals surface area contributed by atoms with Crippen LogP contribution in [0.15, 0.2) is 42.5 Å². The molecule has 1 aliphatic rings. The summed E-state index contributed by atoms with van der Waals surface area (Å²) in [7, 11) is 1.57. The fourth-order valence-corrected chi connectivity index (χ4v) is 2.11. The van der Waals surface area contributed by atoms with Gasteiger partial charge in [0, 0.05) is 11.3 Å². The first-order valence-electron chi connectivity index (χ1n) is 6.68. The number of rotatable bonds is 3. The van der Waals surface area contributed by atoms with Gasteiger partial charge in [-0.1, -0.05) is 0 Å². The molecule has 22 heavy (non-hydrogen) atoms. The highest BCUT2D eigenvalue weighted by atomic mass is 16.5. The molecule has 2 N–H and O–H groups in total. The van der Waals surface area contributed by atoms with Gasteiger partial charge in [0.15, 0.2) is 6.61 Å². The molecular formula is C16H14N2O4. The first-order valence-corrected chi connectivity index (χ1v) is 6.68. The van der Waals surface area contributed by atoms with Crippen LogP contribution in [0.1, 0.15) is 10.4 Å². The predicted octanol–water partition coefficient (Wildman–Crippen LogP) is 2.28. The molecule has 0 fully saturated rings. The minimum absolute atomic E-state index is 0.00452. The van der Waals surface area contributed by atoms with Crippen LogP contribution in [0.25, 0.3) is 0 Å². The maximum Gasteiger partial charge on any atom is 0.262 e. The van der Waals surface area contributed by atoms with E-state index in [-0.39, 0.29) is 18.4 Å². The number of methoxy groups -OCH3 is 1. The van der Waals surface area contributed by atoms with Crippen LogP contribution in [0.5, 0.6) is 11.5 Å². The number of carbonyl (C=O) groups excluding carboxylic acids is 2. The molecular weight excluding hydrogens is 284 g/mol. The van der Waals surface area contributed by atoms with E-state index in [1.807, 2.05) is 0 Å². The van der Waals surface area contributed by atoms with Crippen molar-refractivity contribution < 1.29 is 19.1 Å². The van der Waals surface area contributed by atoms with Crippen molar-refractivity contribution in [1.82, 2.24) is 0 Å². The lowest BCUT2D eigenvalue weighted by molar-refractivity contribution is -0.118. The molecule has 0 saturated heterocycles. The van der Waals surface area contributed by atoms with E-state index >= 15 is 0 Å². The van der Waals surface area contributed by atoms with Gasteiger partial charge in [0.2, 0.25) is 0 Å². The molecule has 6 heteroatoms. The molecule has 6 nitrogen and oxygen atoms in total. The highest BCUT2D eigenvalue weighted by Crippen LogP contribution is 2.30. The molecule has 2 amide bonds. The quantitative estimate of drug-likeness (QED) is 0.911. The second-order valence-corrected chi connectivity index (χ2v) is 4.73. The van der Waals surface area contributed by atoms with E-state index in [9.17, 15) is 9.59 Å². The van der Waals surface area contributed by atoms with E-state index in [1.54, 1.807) is 49.6 Å². The van der Waals surface area contributed by atoms with Crippen LogP contribution in [-0.4, -0.2) is 25.5 Å². The molecule has 0 aliphatic carbocycles. The Hall–Kier alpha value is -3.02. The number of hydrogen-bond acceptors (Lipinski definition) is 4. The summed E-state index contributed by atoms with van der Waals surface area (Å²) in [6.45, 7) is 0.00452. The Balaban J connectivity index is 1.76. The van der Waals surface area contributed by atoms with Gasteiger partial charge in [-0.25, -0.2) is 0 Å². The monoisotopic (exact) mass is 298 g/mol. The first kappa shape index (κ1) is 13.9. The van der Waals surface area contributed by atoms with Crippen molar-refractivity contribution in [3.05, 3.63) is 48.0 Å². The predicted molar refractivity (Wildman–Crippen MR) is 81.5 cm³/mol. The summed E-state index contributed by atoms with van der Waals surface area (Å²) in [6.07, 6.45) is 0. The fourth-order valence-electron chi connectivity index (χ4n) is 2.11. The summed E-state index contributed by atoms with van der Waals surface area (Å²) < 4.78 is 10.3. The van der Waals surface area contributed by atoms with Gasteiger partial charge in [-0.2, -0.15) is 0 Å². The number of hydrogen-bond donors (Lipinski definition) is 2. The molecule has 2 aromatic rings. The highest BCUT2D eigenvalue weighted by molar-refractivity contribution is 6.05. The Labute approximate surface area is 127 Å². The Kier molecular flexibility index (Phi) is 3.65. The lowest BCUT2D eigenvalue weighted by Gasteiger charge is -2.18. The largest absolute Gasteiger partial charge is 0.497 e. The molecule has 0 radical (unpaired) electrons. The van der Waals surface area contributed by atoms with Gasteiger partial charge in [-0.3, -0.25) is 9.59 Å². The number of benzene rings is 2. The standard InChI is InChI=1S/C16H14N2O4/c1-21-12-5-2-10(3-6-12)16(20)17-11-4-7-14-13(8-11)18-15(19)9-22-14/h2-8H,9H2,1H3,(H,17,20)(H,18,19). The van der Waals surface area contributed by atoms with Crippen LogP contribution in [0.2, 0.25) is 0 Å². The zero-order valence-electron chi connectivity index (χ0n) is 11.9. The first-order chi connectivity index (χ1) is 10.7. The van der Waals surface area contributed by atoms with Crippen molar-refractivity contribution in [2.45, 2.75) is 0 Å². The number of fused-ring (bicyclic) bond motifs is 1. The van der Waals surface area contributed by atoms with Crippen molar-refractivity contribution in [2.24, 2.45) is 0 Å². The van der Waals surface area contributed by atoms with Gasteiger partial charge in [-0.05, 0) is 42.5 Å². The van der Waals surface area contributed by atoms with Crippen LogP contribution < -0.4 is 20.1 Å². The lowest BCUT2D eigenvalue weighted by atomic mass is 10.2. The second-order valence-electron chi connectivity index (χ2n) is 4.73. The number of carbonyl (C=O) groups is 2. The topological polar surface area (TPSA) is 76.7 Å². The third-order valence-electron chi connectivity index (χ3n) is 3.22. The van der Waals surface area contributed by atoms with E-state index in [0.29, 0.717) is 28.4 Å². The van der Waals surface area contributed by atoms with Crippen LogP contribution in [0, 0.1) is 0 Å². The molecule has 1 aliphatic heterocycles. The average molecular weight is 298 g/mol. The van der Waals surface area contributed by atoms with Crippen molar-refractivity contribution in [1.29, 1.82) is 0 Å². The normalized spacial score (nSPS) is 12.7. The van der Waals surface area contributed by atoms with E-state index in [4.69, 9.17) is 9.47 Å². The Morgan fingerprint density at radius 1 is 1.23 bits per heavy atom. The smallest absolute Gasteiger partial charge is 0.262 e. The molecule has 0 atom stereocenters. The molecule has 0 aromatic heterocycles. The molecule has 112 valence electrons. The van der Waals surface area contributed by atoms with Crippen LogP contribution >= 0.6 is 0 Å². The zero-order chi connectivity index (χ0) is 15.5. The third-order valence-corrected chi connectivity index (χ3v) is 3.22. The molecule has 1 heterocycles. The van der Waals surface area contributed by atoms with Gasteiger partial charge in [0.1, 0.15) is 11.5 Å². The van der Waals surface area contributed by atoms with Gasteiger partial charge >= 0.3 is 0 Å². The summed E-state index contributed by atoms with van der Waals surface area (Å²) in [5.41, 5.74) is 1.63. The van der Waals surface area contributed by atoms with Crippen LogP contribution in [0.3, 0.4) is 0 Å². The second kappa shape index (κ2) is 5.77. The maximum atomic E-state index is 12.2. The third kappa shape index (κ3) is 2.85. The minimum atomic E-state index is -0.245. The van der Waals surface area contributed by atoms with Gasteiger partial charge in [-0.15, -0.1) is 0 Å². The fraction of sp³-hybridized carbons (Fsp3) is 0.125. The summed E-state index contributed by atoms with van der Waals surface area (Å²) in [6, 6.07) is 11.9. The van der Waals surface area contributed by atoms with Crippen molar-refractivity contribution in [3.8, 4) is 11.5 Å². The average Bonchev–Trinajstić information content (AvgIpc) is 2.54. The lowest BCUT2D eigenvalue weighted by Crippen LogP contribution is -2.25. The van der Waals surface area contributed by atoms with Gasteiger partial charge < -0.3 is 20.1 Å². The van der Waals surface area contributed by atoms with E-state index in [1.165, 1.54) is 0 Å². The number of nitrogens with one attached hydrogen (secondary N) is 2. The Morgan fingerprint density at radius 3 is 2.73 bits per heavy atom.